The van der Waals surface area contributed by atoms with Crippen LogP contribution in [0.1, 0.15) is 33.6 Å². The summed E-state index contributed by atoms with van der Waals surface area (Å²) in [5.74, 6) is 2.71. The molecule has 0 bridgehead atoms. The van der Waals surface area contributed by atoms with E-state index in [0.29, 0.717) is 17.8 Å². The first-order chi connectivity index (χ1) is 9.68. The molecule has 2 nitrogen and oxygen atoms in total. The zero-order valence-electron chi connectivity index (χ0n) is 14.5. The third kappa shape index (κ3) is 4.87. The molecule has 1 unspecified atom stereocenters. The van der Waals surface area contributed by atoms with E-state index in [1.165, 1.54) is 6.42 Å². The summed E-state index contributed by atoms with van der Waals surface area (Å²) in [6.07, 6.45) is 9.42. The summed E-state index contributed by atoms with van der Waals surface area (Å²) >= 11 is -1.77. The van der Waals surface area contributed by atoms with Gasteiger partial charge in [-0.2, -0.15) is 0 Å². The Morgan fingerprint density at radius 2 is 2.10 bits per heavy atom. The molecule has 2 rings (SSSR count). The molecule has 0 radical (unpaired) electrons. The predicted octanol–water partition coefficient (Wildman–Crippen LogP) is 4.85. The van der Waals surface area contributed by atoms with Crippen molar-refractivity contribution in [1.82, 2.24) is 0 Å². The zero-order valence-corrected chi connectivity index (χ0v) is 17.4. The number of hydrogen-bond acceptors (Lipinski definition) is 2. The molecule has 3 atom stereocenters. The number of rotatable bonds is 4. The van der Waals surface area contributed by atoms with Crippen molar-refractivity contribution in [3.05, 3.63) is 22.3 Å². The van der Waals surface area contributed by atoms with Gasteiger partial charge in [-0.15, -0.1) is 0 Å². The molecule has 0 N–H and O–H groups in total. The summed E-state index contributed by atoms with van der Waals surface area (Å²) in [5, 5.41) is 0. The molecule has 0 amide bonds. The number of allylic oxidation sites excluding steroid dienone is 3. The van der Waals surface area contributed by atoms with Gasteiger partial charge in [-0.3, -0.25) is 0 Å². The fraction of sp³-hybridized carbons (Fsp3) is 0.722. The maximum atomic E-state index is 5.89. The minimum absolute atomic E-state index is 0.0354. The maximum absolute atomic E-state index is 5.89. The van der Waals surface area contributed by atoms with E-state index in [4.69, 9.17) is 9.73 Å². The third-order valence-corrected chi connectivity index (χ3v) is 7.94. The van der Waals surface area contributed by atoms with Gasteiger partial charge in [0.25, 0.3) is 0 Å². The standard InChI is InChI=1S/C15H22NO.3CH3.Sn/c1-5-7-12-8-6-9-13(11(12)2)14-16-15(3,4)10-17-14;;;;/h1,5-6,8,11-13H,7,9-10H2,2-4H3;3*1H3;/t11-,12+,13?;;;;/m0..../s1. The molecule has 0 aromatic carbocycles. The Bertz CT molecular complexity index is 456. The van der Waals surface area contributed by atoms with E-state index in [9.17, 15) is 0 Å². The average molecular weight is 396 g/mol. The van der Waals surface area contributed by atoms with Gasteiger partial charge >= 0.3 is 135 Å². The van der Waals surface area contributed by atoms with E-state index >= 15 is 0 Å². The number of aliphatic imine (C=N–C) groups is 1. The first kappa shape index (κ1) is 17.1. The van der Waals surface area contributed by atoms with E-state index < -0.39 is 18.4 Å². The van der Waals surface area contributed by atoms with E-state index in [1.807, 2.05) is 0 Å². The van der Waals surface area contributed by atoms with Crippen molar-refractivity contribution < 1.29 is 4.74 Å². The molecular weight excluding hydrogens is 365 g/mol. The van der Waals surface area contributed by atoms with E-state index in [2.05, 4.69) is 57.9 Å². The molecule has 3 heteroatoms. The van der Waals surface area contributed by atoms with Crippen LogP contribution in [-0.2, 0) is 4.74 Å². The van der Waals surface area contributed by atoms with Crippen molar-refractivity contribution in [3.8, 4) is 0 Å². The quantitative estimate of drug-likeness (QED) is 0.492. The van der Waals surface area contributed by atoms with Crippen molar-refractivity contribution in [2.24, 2.45) is 22.7 Å². The second-order valence-electron chi connectivity index (χ2n) is 8.35. The van der Waals surface area contributed by atoms with E-state index in [0.717, 1.165) is 18.9 Å². The summed E-state index contributed by atoms with van der Waals surface area (Å²) in [7, 11) is 0. The van der Waals surface area contributed by atoms with Crippen molar-refractivity contribution in [2.75, 3.05) is 6.61 Å². The van der Waals surface area contributed by atoms with Crippen LogP contribution in [0.3, 0.4) is 0 Å². The van der Waals surface area contributed by atoms with Crippen LogP contribution in [0.25, 0.3) is 0 Å². The molecule has 0 saturated heterocycles. The molecule has 1 aliphatic carbocycles. The van der Waals surface area contributed by atoms with Crippen molar-refractivity contribution >= 4 is 24.3 Å². The van der Waals surface area contributed by atoms with Gasteiger partial charge < -0.3 is 0 Å². The van der Waals surface area contributed by atoms with Crippen molar-refractivity contribution in [2.45, 2.75) is 54.0 Å². The molecule has 118 valence electrons. The molecule has 0 aromatic heterocycles. The zero-order chi connectivity index (χ0) is 15.7. The Morgan fingerprint density at radius 1 is 1.38 bits per heavy atom. The average Bonchev–Trinajstić information content (AvgIpc) is 2.70. The van der Waals surface area contributed by atoms with Gasteiger partial charge in [0.05, 0.1) is 0 Å². The Morgan fingerprint density at radius 3 is 2.67 bits per heavy atom. The first-order valence-corrected chi connectivity index (χ1v) is 18.5. The van der Waals surface area contributed by atoms with Crippen molar-refractivity contribution in [3.63, 3.8) is 0 Å². The second kappa shape index (κ2) is 6.47. The summed E-state index contributed by atoms with van der Waals surface area (Å²) in [6.45, 7) is 7.41. The van der Waals surface area contributed by atoms with Crippen LogP contribution in [0.2, 0.25) is 14.8 Å². The Labute approximate surface area is 134 Å². The van der Waals surface area contributed by atoms with Crippen molar-refractivity contribution in [1.29, 1.82) is 0 Å². The Balaban J connectivity index is 2.02. The van der Waals surface area contributed by atoms with Gasteiger partial charge in [-0.05, 0) is 0 Å². The molecule has 0 spiro atoms. The van der Waals surface area contributed by atoms with E-state index in [1.54, 1.807) is 0 Å². The summed E-state index contributed by atoms with van der Waals surface area (Å²) in [4.78, 5) is 12.2. The summed E-state index contributed by atoms with van der Waals surface area (Å²) in [5.41, 5.74) is -0.0354. The summed E-state index contributed by atoms with van der Waals surface area (Å²) in [6, 6.07) is 0. The van der Waals surface area contributed by atoms with Crippen LogP contribution >= 0.6 is 0 Å². The monoisotopic (exact) mass is 397 g/mol. The van der Waals surface area contributed by atoms with Gasteiger partial charge in [-0.1, -0.05) is 0 Å². The molecule has 1 heterocycles. The predicted molar refractivity (Wildman–Crippen MR) is 94.5 cm³/mol. The number of ether oxygens (including phenoxy) is 1. The van der Waals surface area contributed by atoms with Crippen LogP contribution in [-0.4, -0.2) is 36.4 Å². The van der Waals surface area contributed by atoms with Crippen LogP contribution in [0.15, 0.2) is 27.3 Å². The minimum atomic E-state index is -1.77. The SMILES string of the molecule is C[C@@H]1C(C2=NC(C)(C)CO2)CC=C[C@H]1C/C=[CH]/[Sn]([CH3])([CH3])[CH3]. The Kier molecular flexibility index (Phi) is 5.27. The molecule has 0 aromatic rings. The van der Waals surface area contributed by atoms with Crippen LogP contribution in [0.5, 0.6) is 0 Å². The van der Waals surface area contributed by atoms with Crippen LogP contribution < -0.4 is 0 Å². The van der Waals surface area contributed by atoms with Gasteiger partial charge in [-0.25, -0.2) is 0 Å². The second-order valence-corrected chi connectivity index (χ2v) is 22.8. The summed E-state index contributed by atoms with van der Waals surface area (Å²) < 4.78 is 8.43. The Hall–Kier alpha value is -0.251. The number of hydrogen-bond donors (Lipinski definition) is 0. The normalized spacial score (nSPS) is 32.3. The van der Waals surface area contributed by atoms with Gasteiger partial charge in [0.15, 0.2) is 0 Å². The molecule has 0 fully saturated rings. The first-order valence-electron chi connectivity index (χ1n) is 8.25. The van der Waals surface area contributed by atoms with Gasteiger partial charge in [0.1, 0.15) is 0 Å². The fourth-order valence-corrected chi connectivity index (χ4v) is 5.50. The molecule has 1 aliphatic heterocycles. The molecule has 21 heavy (non-hydrogen) atoms. The van der Waals surface area contributed by atoms with Crippen LogP contribution in [0, 0.1) is 17.8 Å². The molecule has 2 aliphatic rings. The number of nitrogens with zero attached hydrogens (tertiary/aromatic N) is 1. The topological polar surface area (TPSA) is 21.6 Å². The van der Waals surface area contributed by atoms with Crippen LogP contribution in [0.4, 0.5) is 0 Å². The van der Waals surface area contributed by atoms with Gasteiger partial charge in [0, 0.05) is 0 Å². The van der Waals surface area contributed by atoms with Gasteiger partial charge in [0.2, 0.25) is 0 Å². The van der Waals surface area contributed by atoms with E-state index in [-0.39, 0.29) is 5.54 Å². The fourth-order valence-electron chi connectivity index (χ4n) is 3.09. The molecular formula is C18H31NOSn. The molecule has 0 saturated carbocycles. The third-order valence-electron chi connectivity index (χ3n) is 4.41.